The Kier molecular flexibility index (Phi) is 5.08. The Morgan fingerprint density at radius 1 is 1.35 bits per heavy atom. The molecule has 2 aromatic rings. The van der Waals surface area contributed by atoms with Crippen molar-refractivity contribution in [2.24, 2.45) is 0 Å². The van der Waals surface area contributed by atoms with Gasteiger partial charge in [-0.3, -0.25) is 14.8 Å². The topological polar surface area (TPSA) is 58.2 Å². The number of hydrogen-bond acceptors (Lipinski definition) is 3. The van der Waals surface area contributed by atoms with Crippen LogP contribution in [0.15, 0.2) is 36.5 Å². The zero-order chi connectivity index (χ0) is 16.1. The van der Waals surface area contributed by atoms with Crippen LogP contribution in [0, 0.1) is 6.92 Å². The smallest absolute Gasteiger partial charge is 0.228 e. The van der Waals surface area contributed by atoms with E-state index in [4.69, 9.17) is 4.74 Å². The number of carbonyl (C=O) groups excluding carboxylic acids is 1. The van der Waals surface area contributed by atoms with E-state index >= 15 is 0 Å². The molecule has 1 aliphatic rings. The summed E-state index contributed by atoms with van der Waals surface area (Å²) in [5, 5.41) is 6.96. The Labute approximate surface area is 136 Å². The minimum atomic E-state index is 0.0909. The van der Waals surface area contributed by atoms with Crippen LogP contribution in [0.2, 0.25) is 0 Å². The first kappa shape index (κ1) is 15.7. The molecule has 1 aliphatic heterocycles. The van der Waals surface area contributed by atoms with Crippen molar-refractivity contribution < 1.29 is 9.53 Å². The molecule has 0 saturated carbocycles. The average Bonchev–Trinajstić information content (AvgIpc) is 3.25. The van der Waals surface area contributed by atoms with Gasteiger partial charge < -0.3 is 4.74 Å². The minimum Gasteiger partial charge on any atom is -0.376 e. The van der Waals surface area contributed by atoms with Crippen molar-refractivity contribution in [3.05, 3.63) is 47.7 Å². The highest BCUT2D eigenvalue weighted by atomic mass is 16.5. The first-order chi connectivity index (χ1) is 11.2. The van der Waals surface area contributed by atoms with Gasteiger partial charge in [-0.15, -0.1) is 0 Å². The summed E-state index contributed by atoms with van der Waals surface area (Å²) in [4.78, 5) is 14.4. The maximum atomic E-state index is 12.7. The van der Waals surface area contributed by atoms with E-state index in [1.807, 2.05) is 6.07 Å². The van der Waals surface area contributed by atoms with E-state index in [0.29, 0.717) is 18.8 Å². The van der Waals surface area contributed by atoms with E-state index in [-0.39, 0.29) is 12.0 Å². The van der Waals surface area contributed by atoms with Crippen LogP contribution in [0.5, 0.6) is 0 Å². The molecule has 122 valence electrons. The van der Waals surface area contributed by atoms with E-state index in [2.05, 4.69) is 41.4 Å². The number of anilines is 1. The molecule has 0 radical (unpaired) electrons. The Morgan fingerprint density at radius 2 is 2.17 bits per heavy atom. The molecule has 0 bridgehead atoms. The fourth-order valence-electron chi connectivity index (χ4n) is 2.86. The molecule has 5 nitrogen and oxygen atoms in total. The Bertz CT molecular complexity index is 616. The lowest BCUT2D eigenvalue weighted by Gasteiger charge is -2.23. The van der Waals surface area contributed by atoms with Crippen molar-refractivity contribution in [2.45, 2.75) is 38.7 Å². The van der Waals surface area contributed by atoms with Gasteiger partial charge in [0, 0.05) is 25.3 Å². The number of aromatic amines is 1. The first-order valence-electron chi connectivity index (χ1n) is 8.19. The molecule has 1 unspecified atom stereocenters. The Balaban J connectivity index is 1.63. The molecule has 5 heteroatoms. The Hall–Kier alpha value is -2.14. The van der Waals surface area contributed by atoms with Gasteiger partial charge in [0.2, 0.25) is 5.91 Å². The number of nitrogens with one attached hydrogen (secondary N) is 1. The van der Waals surface area contributed by atoms with Crippen LogP contribution in [0.25, 0.3) is 0 Å². The van der Waals surface area contributed by atoms with Crippen molar-refractivity contribution in [1.29, 1.82) is 0 Å². The first-order valence-corrected chi connectivity index (χ1v) is 8.19. The number of hydrogen-bond donors (Lipinski definition) is 1. The molecular weight excluding hydrogens is 290 g/mol. The molecular formula is C18H23N3O2. The molecule has 1 fully saturated rings. The number of H-pyrrole nitrogens is 1. The van der Waals surface area contributed by atoms with E-state index in [1.165, 1.54) is 11.1 Å². The second-order valence-corrected chi connectivity index (χ2v) is 6.06. The molecule has 1 aromatic carbocycles. The number of benzene rings is 1. The third-order valence-corrected chi connectivity index (χ3v) is 4.22. The van der Waals surface area contributed by atoms with Crippen LogP contribution in [-0.2, 0) is 16.0 Å². The van der Waals surface area contributed by atoms with E-state index < -0.39 is 0 Å². The predicted molar refractivity (Wildman–Crippen MR) is 89.4 cm³/mol. The quantitative estimate of drug-likeness (QED) is 0.892. The molecule has 23 heavy (non-hydrogen) atoms. The van der Waals surface area contributed by atoms with Crippen LogP contribution in [0.3, 0.4) is 0 Å². The third-order valence-electron chi connectivity index (χ3n) is 4.22. The molecule has 1 N–H and O–H groups in total. The van der Waals surface area contributed by atoms with Gasteiger partial charge in [-0.2, -0.15) is 5.10 Å². The molecule has 1 amide bonds. The molecule has 1 aromatic heterocycles. The molecule has 0 aliphatic carbocycles. The highest BCUT2D eigenvalue weighted by Crippen LogP contribution is 2.19. The fourth-order valence-corrected chi connectivity index (χ4v) is 2.86. The summed E-state index contributed by atoms with van der Waals surface area (Å²) in [6.07, 6.45) is 5.15. The van der Waals surface area contributed by atoms with Gasteiger partial charge in [-0.25, -0.2) is 0 Å². The number of rotatable bonds is 6. The highest BCUT2D eigenvalue weighted by Gasteiger charge is 2.24. The zero-order valence-electron chi connectivity index (χ0n) is 13.5. The van der Waals surface area contributed by atoms with Gasteiger partial charge in [0.05, 0.1) is 12.6 Å². The predicted octanol–water partition coefficient (Wildman–Crippen LogP) is 2.86. The van der Waals surface area contributed by atoms with Crippen molar-refractivity contribution in [1.82, 2.24) is 10.2 Å². The minimum absolute atomic E-state index is 0.0909. The molecule has 2 heterocycles. The number of aromatic nitrogens is 2. The normalized spacial score (nSPS) is 17.3. The van der Waals surface area contributed by atoms with Crippen LogP contribution >= 0.6 is 0 Å². The van der Waals surface area contributed by atoms with Crippen molar-refractivity contribution in [3.8, 4) is 0 Å². The maximum Gasteiger partial charge on any atom is 0.228 e. The van der Waals surface area contributed by atoms with E-state index in [1.54, 1.807) is 11.1 Å². The lowest BCUT2D eigenvalue weighted by molar-refractivity contribution is -0.119. The van der Waals surface area contributed by atoms with Crippen molar-refractivity contribution in [3.63, 3.8) is 0 Å². The van der Waals surface area contributed by atoms with Crippen LogP contribution in [0.4, 0.5) is 5.82 Å². The average molecular weight is 313 g/mol. The Morgan fingerprint density at radius 3 is 2.83 bits per heavy atom. The van der Waals surface area contributed by atoms with Gasteiger partial charge in [-0.05, 0) is 31.7 Å². The van der Waals surface area contributed by atoms with Gasteiger partial charge in [0.15, 0.2) is 5.82 Å². The number of aryl methyl sites for hydroxylation is 2. The highest BCUT2D eigenvalue weighted by molar-refractivity contribution is 5.92. The standard InChI is InChI=1S/C18H23N3O2/c1-14-4-6-15(7-5-14)8-9-18(22)21(17-10-11-19-20-17)13-16-3-2-12-23-16/h4-7,10-11,16H,2-3,8-9,12-13H2,1H3,(H,19,20). The summed E-state index contributed by atoms with van der Waals surface area (Å²) < 4.78 is 5.68. The summed E-state index contributed by atoms with van der Waals surface area (Å²) >= 11 is 0. The van der Waals surface area contributed by atoms with Crippen LogP contribution in [0.1, 0.15) is 30.4 Å². The van der Waals surface area contributed by atoms with E-state index in [9.17, 15) is 4.79 Å². The van der Waals surface area contributed by atoms with Gasteiger partial charge in [-0.1, -0.05) is 29.8 Å². The number of amides is 1. The monoisotopic (exact) mass is 313 g/mol. The molecule has 0 spiro atoms. The van der Waals surface area contributed by atoms with Crippen LogP contribution < -0.4 is 4.90 Å². The third kappa shape index (κ3) is 4.20. The largest absolute Gasteiger partial charge is 0.376 e. The van der Waals surface area contributed by atoms with Crippen LogP contribution in [-0.4, -0.2) is 35.4 Å². The molecule has 1 saturated heterocycles. The number of carbonyl (C=O) groups is 1. The second-order valence-electron chi connectivity index (χ2n) is 6.06. The molecule has 1 atom stereocenters. The summed E-state index contributed by atoms with van der Waals surface area (Å²) in [7, 11) is 0. The second kappa shape index (κ2) is 7.42. The van der Waals surface area contributed by atoms with Gasteiger partial charge in [0.1, 0.15) is 0 Å². The maximum absolute atomic E-state index is 12.7. The SMILES string of the molecule is Cc1ccc(CCC(=O)N(CC2CCCO2)c2cc[nH]n2)cc1. The van der Waals surface area contributed by atoms with E-state index in [0.717, 1.165) is 25.9 Å². The fraction of sp³-hybridized carbons (Fsp3) is 0.444. The lowest BCUT2D eigenvalue weighted by Crippen LogP contribution is -2.38. The van der Waals surface area contributed by atoms with Crippen molar-refractivity contribution in [2.75, 3.05) is 18.1 Å². The summed E-state index contributed by atoms with van der Waals surface area (Å²) in [6.45, 7) is 3.43. The van der Waals surface area contributed by atoms with Gasteiger partial charge >= 0.3 is 0 Å². The van der Waals surface area contributed by atoms with Crippen molar-refractivity contribution >= 4 is 11.7 Å². The lowest BCUT2D eigenvalue weighted by atomic mass is 10.1. The number of nitrogens with zero attached hydrogens (tertiary/aromatic N) is 2. The zero-order valence-corrected chi connectivity index (χ0v) is 13.5. The van der Waals surface area contributed by atoms with Gasteiger partial charge in [0.25, 0.3) is 0 Å². The summed E-state index contributed by atoms with van der Waals surface area (Å²) in [5.41, 5.74) is 2.42. The molecule has 3 rings (SSSR count). The number of ether oxygens (including phenoxy) is 1. The summed E-state index contributed by atoms with van der Waals surface area (Å²) in [5.74, 6) is 0.766. The summed E-state index contributed by atoms with van der Waals surface area (Å²) in [6, 6.07) is 10.2.